The van der Waals surface area contributed by atoms with E-state index in [9.17, 15) is 15.0 Å². The highest BCUT2D eigenvalue weighted by Crippen LogP contribution is 2.69. The molecule has 5 aliphatic heterocycles. The fourth-order valence-corrected chi connectivity index (χ4v) is 13.5. The number of aromatic nitrogens is 1. The highest BCUT2D eigenvalue weighted by Gasteiger charge is 2.80. The number of aromatic amines is 1. The highest BCUT2D eigenvalue weighted by atomic mass is 35.5. The number of rotatable bonds is 5. The third-order valence-corrected chi connectivity index (χ3v) is 15.7. The van der Waals surface area contributed by atoms with Crippen LogP contribution in [0.5, 0.6) is 5.75 Å². The van der Waals surface area contributed by atoms with Crippen LogP contribution in [0.25, 0.3) is 10.9 Å². The standard InChI is InChI=1S/C42H50Cl2N4O7/c1-7-39-17-24(43)20-48-13-12-40(34(39)48)27-14-28(31(53-4)15-30(27)46(3)35(40)42(52,36(39)49)38(51)55-6)41(37(50)54-5)16-23-19-47(18-22(2)32(23)44)21-26-25-10-8-9-11-29(25)45-33(26)41/h8-11,14-15,23-24,34-36,45,49,52H,7,12-13,16-21H2,1-6H3/t23?,24?,34-,35-,36-,39-,40-,41+,42+/m1/s1. The lowest BCUT2D eigenvalue weighted by molar-refractivity contribution is -0.233. The van der Waals surface area contributed by atoms with Crippen molar-refractivity contribution in [3.8, 4) is 5.75 Å². The Morgan fingerprint density at radius 1 is 1.02 bits per heavy atom. The number of para-hydroxylation sites is 1. The second kappa shape index (κ2) is 12.6. The van der Waals surface area contributed by atoms with E-state index >= 15 is 4.79 Å². The number of piperidine rings is 1. The Balaban J connectivity index is 1.38. The van der Waals surface area contributed by atoms with Crippen LogP contribution >= 0.6 is 23.2 Å². The minimum atomic E-state index is -2.31. The average molecular weight is 794 g/mol. The monoisotopic (exact) mass is 792 g/mol. The van der Waals surface area contributed by atoms with Crippen LogP contribution in [0.1, 0.15) is 61.9 Å². The number of likely N-dealkylation sites (N-methyl/N-ethyl adjacent to an activating group) is 1. The Kier molecular flexibility index (Phi) is 8.53. The van der Waals surface area contributed by atoms with E-state index in [-0.39, 0.29) is 17.3 Å². The molecule has 3 aromatic rings. The molecule has 2 aromatic carbocycles. The lowest BCUT2D eigenvalue weighted by atomic mass is 9.46. The van der Waals surface area contributed by atoms with Crippen molar-refractivity contribution in [2.75, 3.05) is 59.5 Å². The van der Waals surface area contributed by atoms with Crippen molar-refractivity contribution in [2.24, 2.45) is 11.3 Å². The number of aliphatic hydroxyl groups is 2. The molecule has 0 radical (unpaired) electrons. The van der Waals surface area contributed by atoms with Gasteiger partial charge in [0.2, 0.25) is 5.60 Å². The van der Waals surface area contributed by atoms with Crippen molar-refractivity contribution in [3.05, 3.63) is 69.4 Å². The van der Waals surface area contributed by atoms with Crippen LogP contribution in [0.3, 0.4) is 0 Å². The third-order valence-electron chi connectivity index (χ3n) is 14.7. The minimum absolute atomic E-state index is 0.191. The van der Waals surface area contributed by atoms with Crippen LogP contribution in [-0.4, -0.2) is 121 Å². The van der Waals surface area contributed by atoms with E-state index in [0.29, 0.717) is 63.2 Å². The molecule has 2 bridgehead atoms. The number of hydrogen-bond acceptors (Lipinski definition) is 10. The number of nitrogens with one attached hydrogen (secondary N) is 1. The van der Waals surface area contributed by atoms with E-state index < -0.39 is 45.9 Å². The molecule has 55 heavy (non-hydrogen) atoms. The van der Waals surface area contributed by atoms with Crippen LogP contribution in [0.15, 0.2) is 47.0 Å². The third kappa shape index (κ3) is 4.54. The summed E-state index contributed by atoms with van der Waals surface area (Å²) in [5, 5.41) is 26.9. The van der Waals surface area contributed by atoms with Crippen molar-refractivity contribution < 1.29 is 34.0 Å². The van der Waals surface area contributed by atoms with Gasteiger partial charge in [0, 0.05) is 100 Å². The van der Waals surface area contributed by atoms with Crippen LogP contribution in [-0.2, 0) is 36.4 Å². The smallest absolute Gasteiger partial charge is 0.342 e. The number of fused-ring (bicyclic) bond motifs is 6. The average Bonchev–Trinajstić information content (AvgIpc) is 3.82. The first-order valence-electron chi connectivity index (χ1n) is 19.4. The molecule has 6 aliphatic rings. The molecule has 3 unspecified atom stereocenters. The summed E-state index contributed by atoms with van der Waals surface area (Å²) in [4.78, 5) is 39.6. The fraction of sp³-hybridized carbons (Fsp3) is 0.571. The summed E-state index contributed by atoms with van der Waals surface area (Å²) in [5.74, 6) is -1.05. The number of aliphatic hydroxyl groups excluding tert-OH is 1. The second-order valence-electron chi connectivity index (χ2n) is 17.0. The molecule has 9 rings (SSSR count). The summed E-state index contributed by atoms with van der Waals surface area (Å²) in [5.41, 5.74) is 0.450. The SMILES string of the molecule is CC[C@]12CC(Cl)CN3CC[C@@]4(c5cc([C@@]6(C(=O)OC)CC7CN(CC(C)=C7Cl)Cc7c6[nH]c6ccccc76)c(OC)cc5N(C)[C@H]4[C@@](O)(C(=O)OC)[C@@H]1O)[C@H]32. The minimum Gasteiger partial charge on any atom is -0.496 e. The number of anilines is 1. The summed E-state index contributed by atoms with van der Waals surface area (Å²) >= 11 is 14.2. The Labute approximate surface area is 331 Å². The maximum absolute atomic E-state index is 15.1. The molecular formula is C42H50Cl2N4O7. The normalized spacial score (nSPS) is 37.7. The molecule has 0 amide bonds. The summed E-state index contributed by atoms with van der Waals surface area (Å²) in [6, 6.07) is 11.0. The summed E-state index contributed by atoms with van der Waals surface area (Å²) in [6.45, 7) is 7.31. The van der Waals surface area contributed by atoms with E-state index in [0.717, 1.165) is 50.6 Å². The van der Waals surface area contributed by atoms with Crippen LogP contribution < -0.4 is 9.64 Å². The van der Waals surface area contributed by atoms with Gasteiger partial charge in [0.15, 0.2) is 0 Å². The molecule has 1 saturated carbocycles. The number of halogens is 2. The lowest BCUT2D eigenvalue weighted by Crippen LogP contribution is -2.82. The first-order valence-corrected chi connectivity index (χ1v) is 20.2. The summed E-state index contributed by atoms with van der Waals surface area (Å²) < 4.78 is 17.5. The van der Waals surface area contributed by atoms with Gasteiger partial charge in [0.25, 0.3) is 0 Å². The van der Waals surface area contributed by atoms with Crippen LogP contribution in [0.2, 0.25) is 0 Å². The molecule has 6 heterocycles. The van der Waals surface area contributed by atoms with E-state index in [1.54, 1.807) is 7.11 Å². The quantitative estimate of drug-likeness (QED) is 0.245. The number of ether oxygens (including phenoxy) is 3. The topological polar surface area (TPSA) is 128 Å². The van der Waals surface area contributed by atoms with Gasteiger partial charge in [-0.05, 0) is 68.0 Å². The number of alkyl halides is 1. The number of nitrogens with zero attached hydrogens (tertiary/aromatic N) is 3. The van der Waals surface area contributed by atoms with Crippen molar-refractivity contribution in [2.45, 2.75) is 86.1 Å². The molecule has 1 spiro atoms. The van der Waals surface area contributed by atoms with Crippen molar-refractivity contribution in [1.29, 1.82) is 0 Å². The van der Waals surface area contributed by atoms with Gasteiger partial charge in [0.1, 0.15) is 17.3 Å². The summed E-state index contributed by atoms with van der Waals surface area (Å²) in [7, 11) is 6.14. The van der Waals surface area contributed by atoms with Gasteiger partial charge in [0.05, 0.1) is 27.4 Å². The predicted molar refractivity (Wildman–Crippen MR) is 210 cm³/mol. The number of hydrogen-bond donors (Lipinski definition) is 3. The number of carbonyl (C=O) groups excluding carboxylic acids is 2. The van der Waals surface area contributed by atoms with E-state index in [1.165, 1.54) is 14.2 Å². The molecule has 10 atom stereocenters. The molecule has 294 valence electrons. The molecule has 11 nitrogen and oxygen atoms in total. The zero-order valence-corrected chi connectivity index (χ0v) is 33.8. The number of methoxy groups -OCH3 is 3. The molecule has 1 aliphatic carbocycles. The lowest BCUT2D eigenvalue weighted by Gasteiger charge is -2.65. The van der Waals surface area contributed by atoms with Crippen molar-refractivity contribution in [1.82, 2.24) is 14.8 Å². The Morgan fingerprint density at radius 2 is 1.76 bits per heavy atom. The maximum Gasteiger partial charge on any atom is 0.342 e. The van der Waals surface area contributed by atoms with Crippen molar-refractivity contribution in [3.63, 3.8) is 0 Å². The highest BCUT2D eigenvalue weighted by molar-refractivity contribution is 6.30. The number of esters is 2. The van der Waals surface area contributed by atoms with Gasteiger partial charge >= 0.3 is 11.9 Å². The largest absolute Gasteiger partial charge is 0.496 e. The number of carbonyl (C=O) groups is 2. The van der Waals surface area contributed by atoms with Gasteiger partial charge in [-0.15, -0.1) is 11.6 Å². The zero-order chi connectivity index (χ0) is 39.0. The Hall–Kier alpha value is -3.32. The predicted octanol–water partition coefficient (Wildman–Crippen LogP) is 4.80. The summed E-state index contributed by atoms with van der Waals surface area (Å²) in [6.07, 6.45) is 0.308. The molecule has 13 heteroatoms. The number of H-pyrrole nitrogens is 1. The maximum atomic E-state index is 15.1. The molecule has 1 aromatic heterocycles. The second-order valence-corrected chi connectivity index (χ2v) is 18.0. The van der Waals surface area contributed by atoms with Gasteiger partial charge < -0.3 is 34.3 Å². The van der Waals surface area contributed by atoms with Gasteiger partial charge in [-0.2, -0.15) is 0 Å². The van der Waals surface area contributed by atoms with Crippen LogP contribution in [0.4, 0.5) is 5.69 Å². The number of benzene rings is 2. The molecule has 2 saturated heterocycles. The van der Waals surface area contributed by atoms with Gasteiger partial charge in [-0.1, -0.05) is 36.7 Å². The molecular weight excluding hydrogens is 743 g/mol. The van der Waals surface area contributed by atoms with Gasteiger partial charge in [-0.25, -0.2) is 4.79 Å². The van der Waals surface area contributed by atoms with E-state index in [4.69, 9.17) is 37.4 Å². The van der Waals surface area contributed by atoms with Crippen molar-refractivity contribution >= 4 is 51.7 Å². The first-order chi connectivity index (χ1) is 26.3. The van der Waals surface area contributed by atoms with E-state index in [1.807, 2.05) is 43.1 Å². The molecule has 3 fully saturated rings. The molecule has 3 N–H and O–H groups in total. The first kappa shape index (κ1) is 37.3. The zero-order valence-electron chi connectivity index (χ0n) is 32.2. The van der Waals surface area contributed by atoms with Crippen LogP contribution in [0, 0.1) is 11.3 Å². The Morgan fingerprint density at radius 3 is 2.47 bits per heavy atom. The van der Waals surface area contributed by atoms with E-state index in [2.05, 4.69) is 33.8 Å². The Bertz CT molecular complexity index is 2160. The van der Waals surface area contributed by atoms with Gasteiger partial charge in [-0.3, -0.25) is 14.6 Å². The fourth-order valence-electron chi connectivity index (χ4n) is 12.9.